The Morgan fingerprint density at radius 1 is 1.18 bits per heavy atom. The van der Waals surface area contributed by atoms with Gasteiger partial charge in [0.25, 0.3) is 0 Å². The molecule has 6 nitrogen and oxygen atoms in total. The predicted octanol–water partition coefficient (Wildman–Crippen LogP) is 0.951. The number of sulfonamides is 2. The highest BCUT2D eigenvalue weighted by Gasteiger charge is 2.38. The molecule has 2 rings (SSSR count). The van der Waals surface area contributed by atoms with Crippen molar-refractivity contribution in [2.24, 2.45) is 0 Å². The summed E-state index contributed by atoms with van der Waals surface area (Å²) in [5.74, 6) is 0. The zero-order valence-electron chi connectivity index (χ0n) is 12.8. The van der Waals surface area contributed by atoms with Crippen LogP contribution in [0.1, 0.15) is 25.3 Å². The Kier molecular flexibility index (Phi) is 5.26. The Balaban J connectivity index is 2.23. The van der Waals surface area contributed by atoms with E-state index in [1.54, 1.807) is 12.1 Å². The van der Waals surface area contributed by atoms with Crippen molar-refractivity contribution in [3.05, 3.63) is 29.8 Å². The minimum atomic E-state index is -3.60. The van der Waals surface area contributed by atoms with Crippen molar-refractivity contribution in [3.63, 3.8) is 0 Å². The van der Waals surface area contributed by atoms with Gasteiger partial charge in [0.2, 0.25) is 20.0 Å². The van der Waals surface area contributed by atoms with Gasteiger partial charge in [-0.15, -0.1) is 0 Å². The van der Waals surface area contributed by atoms with Crippen LogP contribution in [0.15, 0.2) is 29.2 Å². The van der Waals surface area contributed by atoms with Crippen LogP contribution in [0.4, 0.5) is 0 Å². The minimum Gasteiger partial charge on any atom is -0.214 e. The minimum absolute atomic E-state index is 0.0173. The average molecular weight is 346 g/mol. The fraction of sp³-hybridized carbons (Fsp3) is 0.571. The van der Waals surface area contributed by atoms with Crippen molar-refractivity contribution in [2.45, 2.75) is 37.1 Å². The van der Waals surface area contributed by atoms with Crippen LogP contribution in [-0.2, 0) is 26.5 Å². The summed E-state index contributed by atoms with van der Waals surface area (Å²) in [6, 6.07) is 6.95. The van der Waals surface area contributed by atoms with E-state index in [2.05, 4.69) is 4.72 Å². The Morgan fingerprint density at radius 3 is 2.36 bits per heavy atom. The molecule has 124 valence electrons. The van der Waals surface area contributed by atoms with Crippen molar-refractivity contribution >= 4 is 20.0 Å². The molecule has 0 bridgehead atoms. The molecule has 1 fully saturated rings. The highest BCUT2D eigenvalue weighted by Crippen LogP contribution is 2.32. The molecular weight excluding hydrogens is 324 g/mol. The first-order valence-electron chi connectivity index (χ1n) is 7.30. The molecule has 1 aromatic rings. The maximum absolute atomic E-state index is 12.9. The standard InChI is InChI=1S/C14H22N2O4S2/c1-3-12-6-4-5-7-14(12)22(19,20)16(13-8-9-13)11-10-15-21(2,17)18/h4-7,13,15H,3,8-11H2,1-2H3. The van der Waals surface area contributed by atoms with Gasteiger partial charge in [-0.2, -0.15) is 4.31 Å². The summed E-state index contributed by atoms with van der Waals surface area (Å²) in [5, 5.41) is 0. The largest absolute Gasteiger partial charge is 0.243 e. The number of rotatable bonds is 8. The first-order valence-corrected chi connectivity index (χ1v) is 10.6. The van der Waals surface area contributed by atoms with Crippen molar-refractivity contribution in [1.82, 2.24) is 9.03 Å². The molecule has 0 spiro atoms. The number of nitrogens with zero attached hydrogens (tertiary/aromatic N) is 1. The van der Waals surface area contributed by atoms with E-state index >= 15 is 0 Å². The van der Waals surface area contributed by atoms with Crippen LogP contribution in [0.5, 0.6) is 0 Å². The fourth-order valence-electron chi connectivity index (χ4n) is 2.38. The predicted molar refractivity (Wildman–Crippen MR) is 85.6 cm³/mol. The van der Waals surface area contributed by atoms with E-state index in [0.717, 1.165) is 24.7 Å². The summed E-state index contributed by atoms with van der Waals surface area (Å²) in [6.45, 7) is 2.15. The molecule has 1 aromatic carbocycles. The van der Waals surface area contributed by atoms with Crippen LogP contribution in [0.25, 0.3) is 0 Å². The molecule has 8 heteroatoms. The second-order valence-electron chi connectivity index (χ2n) is 5.47. The lowest BCUT2D eigenvalue weighted by atomic mass is 10.2. The molecule has 22 heavy (non-hydrogen) atoms. The maximum Gasteiger partial charge on any atom is 0.243 e. The van der Waals surface area contributed by atoms with Gasteiger partial charge in [0.15, 0.2) is 0 Å². The van der Waals surface area contributed by atoms with Crippen molar-refractivity contribution in [1.29, 1.82) is 0 Å². The summed E-state index contributed by atoms with van der Waals surface area (Å²) >= 11 is 0. The monoisotopic (exact) mass is 346 g/mol. The normalized spacial score (nSPS) is 16.1. The van der Waals surface area contributed by atoms with Gasteiger partial charge >= 0.3 is 0 Å². The molecule has 0 unspecified atom stereocenters. The summed E-state index contributed by atoms with van der Waals surface area (Å²) in [7, 11) is -6.92. The second-order valence-corrected chi connectivity index (χ2v) is 9.17. The van der Waals surface area contributed by atoms with Crippen LogP contribution >= 0.6 is 0 Å². The summed E-state index contributed by atoms with van der Waals surface area (Å²) in [4.78, 5) is 0.323. The third-order valence-electron chi connectivity index (χ3n) is 3.59. The molecule has 0 radical (unpaired) electrons. The third-order valence-corrected chi connectivity index (χ3v) is 6.37. The van der Waals surface area contributed by atoms with Crippen LogP contribution < -0.4 is 4.72 Å². The highest BCUT2D eigenvalue weighted by atomic mass is 32.2. The molecule has 1 aliphatic carbocycles. The quantitative estimate of drug-likeness (QED) is 0.760. The van der Waals surface area contributed by atoms with Gasteiger partial charge in [0.1, 0.15) is 0 Å². The van der Waals surface area contributed by atoms with E-state index in [4.69, 9.17) is 0 Å². The lowest BCUT2D eigenvalue weighted by Crippen LogP contribution is -2.40. The molecule has 1 aliphatic rings. The number of benzene rings is 1. The molecule has 1 saturated carbocycles. The summed E-state index contributed by atoms with van der Waals surface area (Å²) in [5.41, 5.74) is 0.782. The van der Waals surface area contributed by atoms with Gasteiger partial charge in [0.05, 0.1) is 11.2 Å². The summed E-state index contributed by atoms with van der Waals surface area (Å²) in [6.07, 6.45) is 3.35. The Hall–Kier alpha value is -0.960. The van der Waals surface area contributed by atoms with E-state index in [1.165, 1.54) is 4.31 Å². The lowest BCUT2D eigenvalue weighted by Gasteiger charge is -2.23. The van der Waals surface area contributed by atoms with Gasteiger partial charge in [-0.1, -0.05) is 25.1 Å². The van der Waals surface area contributed by atoms with Gasteiger partial charge in [-0.05, 0) is 30.9 Å². The molecule has 0 saturated heterocycles. The Bertz CT molecular complexity index is 725. The van der Waals surface area contributed by atoms with Gasteiger partial charge < -0.3 is 0 Å². The van der Waals surface area contributed by atoms with Gasteiger partial charge in [-0.25, -0.2) is 21.6 Å². The second kappa shape index (κ2) is 6.66. The van der Waals surface area contributed by atoms with Crippen LogP contribution in [0, 0.1) is 0 Å². The molecule has 0 aromatic heterocycles. The van der Waals surface area contributed by atoms with E-state index < -0.39 is 20.0 Å². The van der Waals surface area contributed by atoms with E-state index in [-0.39, 0.29) is 19.1 Å². The average Bonchev–Trinajstić information content (AvgIpc) is 3.26. The van der Waals surface area contributed by atoms with Crippen molar-refractivity contribution < 1.29 is 16.8 Å². The zero-order chi connectivity index (χ0) is 16.4. The molecule has 0 atom stereocenters. The van der Waals surface area contributed by atoms with Crippen LogP contribution in [-0.4, -0.2) is 46.5 Å². The van der Waals surface area contributed by atoms with Crippen molar-refractivity contribution in [2.75, 3.05) is 19.3 Å². The first-order chi connectivity index (χ1) is 10.3. The van der Waals surface area contributed by atoms with Crippen LogP contribution in [0.2, 0.25) is 0 Å². The fourth-order valence-corrected chi connectivity index (χ4v) is 4.82. The molecule has 1 N–H and O–H groups in total. The van der Waals surface area contributed by atoms with Gasteiger partial charge in [-0.3, -0.25) is 0 Å². The first kappa shape index (κ1) is 17.4. The molecule has 0 amide bonds. The molecular formula is C14H22N2O4S2. The Labute approximate surface area is 132 Å². The lowest BCUT2D eigenvalue weighted by molar-refractivity contribution is 0.405. The number of hydrogen-bond acceptors (Lipinski definition) is 4. The SMILES string of the molecule is CCc1ccccc1S(=O)(=O)N(CCNS(C)(=O)=O)C1CC1. The molecule has 0 heterocycles. The van der Waals surface area contributed by atoms with E-state index in [9.17, 15) is 16.8 Å². The topological polar surface area (TPSA) is 83.6 Å². The number of aryl methyl sites for hydroxylation is 1. The van der Waals surface area contributed by atoms with E-state index in [0.29, 0.717) is 11.3 Å². The number of nitrogens with one attached hydrogen (secondary N) is 1. The third kappa shape index (κ3) is 4.28. The van der Waals surface area contributed by atoms with Gasteiger partial charge in [0, 0.05) is 19.1 Å². The smallest absolute Gasteiger partial charge is 0.214 e. The van der Waals surface area contributed by atoms with Crippen molar-refractivity contribution in [3.8, 4) is 0 Å². The molecule has 0 aliphatic heterocycles. The van der Waals surface area contributed by atoms with Crippen LogP contribution in [0.3, 0.4) is 0 Å². The highest BCUT2D eigenvalue weighted by molar-refractivity contribution is 7.89. The number of hydrogen-bond donors (Lipinski definition) is 1. The van der Waals surface area contributed by atoms with E-state index in [1.807, 2.05) is 19.1 Å². The zero-order valence-corrected chi connectivity index (χ0v) is 14.5. The summed E-state index contributed by atoms with van der Waals surface area (Å²) < 4.78 is 51.9. The maximum atomic E-state index is 12.9. The Morgan fingerprint density at radius 2 is 1.82 bits per heavy atom.